The van der Waals surface area contributed by atoms with Gasteiger partial charge in [0.05, 0.1) is 12.6 Å². The number of nitrogens with zero attached hydrogens (tertiary/aromatic N) is 1. The summed E-state index contributed by atoms with van der Waals surface area (Å²) >= 11 is 0. The van der Waals surface area contributed by atoms with E-state index in [4.69, 9.17) is 13.4 Å². The van der Waals surface area contributed by atoms with Crippen molar-refractivity contribution in [2.45, 2.75) is 50.8 Å². The van der Waals surface area contributed by atoms with Gasteiger partial charge in [-0.15, -0.1) is 0 Å². The molecule has 0 aliphatic carbocycles. The molecular weight excluding hydrogens is 384 g/mol. The standard InChI is InChI=1S/C15H23FN3O7P/c1-8(9(2)20)18-27(4,24)25-7-10-12(22)15(3,16)13(26-10)19-6-5-11(21)17-14(19)23/h5-6,8,10,12-13,22H,7H2,1-4H3,(H,18,24)(H,17,21,23)/t8-,10+,12+,13+,15+,27+/m0/s1/i1D3. The predicted octanol–water partition coefficient (Wildman–Crippen LogP) is -0.0703. The van der Waals surface area contributed by atoms with Crippen molar-refractivity contribution in [1.82, 2.24) is 14.6 Å². The van der Waals surface area contributed by atoms with Gasteiger partial charge in [-0.1, -0.05) is 0 Å². The molecule has 1 saturated heterocycles. The number of hydrogen-bond acceptors (Lipinski definition) is 7. The van der Waals surface area contributed by atoms with E-state index in [0.717, 1.165) is 37.3 Å². The van der Waals surface area contributed by atoms with Crippen molar-refractivity contribution in [2.24, 2.45) is 0 Å². The van der Waals surface area contributed by atoms with E-state index in [9.17, 15) is 24.1 Å². The van der Waals surface area contributed by atoms with Gasteiger partial charge in [0.2, 0.25) is 0 Å². The van der Waals surface area contributed by atoms with E-state index in [1.54, 1.807) is 0 Å². The number of nitrogens with one attached hydrogen (secondary N) is 2. The molecule has 2 rings (SSSR count). The third-order valence-electron chi connectivity index (χ3n) is 4.08. The maximum absolute atomic E-state index is 15.1. The van der Waals surface area contributed by atoms with Gasteiger partial charge in [-0.25, -0.2) is 14.3 Å². The zero-order valence-corrected chi connectivity index (χ0v) is 15.7. The second kappa shape index (κ2) is 7.76. The van der Waals surface area contributed by atoms with E-state index in [1.807, 2.05) is 4.98 Å². The van der Waals surface area contributed by atoms with Crippen LogP contribution in [0.4, 0.5) is 4.39 Å². The molecule has 1 aromatic rings. The lowest BCUT2D eigenvalue weighted by Crippen LogP contribution is -2.43. The molecule has 1 fully saturated rings. The Morgan fingerprint density at radius 1 is 1.67 bits per heavy atom. The maximum Gasteiger partial charge on any atom is 0.330 e. The van der Waals surface area contributed by atoms with Crippen LogP contribution < -0.4 is 16.3 Å². The Balaban J connectivity index is 2.15. The van der Waals surface area contributed by atoms with Crippen molar-refractivity contribution >= 4 is 13.3 Å². The van der Waals surface area contributed by atoms with E-state index in [-0.39, 0.29) is 0 Å². The first-order valence-corrected chi connectivity index (χ1v) is 9.97. The first kappa shape index (κ1) is 17.4. The third-order valence-corrected chi connectivity index (χ3v) is 5.45. The average molecular weight is 410 g/mol. The molecule has 0 aromatic carbocycles. The fraction of sp³-hybridized carbons (Fsp3) is 0.667. The van der Waals surface area contributed by atoms with Crippen molar-refractivity contribution in [3.8, 4) is 0 Å². The van der Waals surface area contributed by atoms with Crippen LogP contribution >= 0.6 is 7.52 Å². The second-order valence-electron chi connectivity index (χ2n) is 6.45. The van der Waals surface area contributed by atoms with Crippen LogP contribution in [0.2, 0.25) is 0 Å². The summed E-state index contributed by atoms with van der Waals surface area (Å²) in [5.41, 5.74) is -4.15. The monoisotopic (exact) mass is 410 g/mol. The highest BCUT2D eigenvalue weighted by molar-refractivity contribution is 7.56. The van der Waals surface area contributed by atoms with Crippen LogP contribution in [0.3, 0.4) is 0 Å². The zero-order valence-electron chi connectivity index (χ0n) is 17.8. The topological polar surface area (TPSA) is 140 Å². The summed E-state index contributed by atoms with van der Waals surface area (Å²) in [6.07, 6.45) is -3.82. The molecule has 27 heavy (non-hydrogen) atoms. The Hall–Kier alpha value is -1.65. The van der Waals surface area contributed by atoms with Crippen LogP contribution in [-0.2, 0) is 18.6 Å². The number of aromatic nitrogens is 2. The number of Topliss-reactive ketones (excluding diaryl/α,β-unsaturated/α-hetero) is 1. The van der Waals surface area contributed by atoms with Crippen molar-refractivity contribution < 1.29 is 32.2 Å². The molecule has 1 aromatic heterocycles. The van der Waals surface area contributed by atoms with Crippen LogP contribution in [0.25, 0.3) is 0 Å². The lowest BCUT2D eigenvalue weighted by Gasteiger charge is -2.24. The zero-order chi connectivity index (χ0) is 23.1. The maximum atomic E-state index is 15.1. The summed E-state index contributed by atoms with van der Waals surface area (Å²) in [6, 6.07) is -0.778. The fourth-order valence-electron chi connectivity index (χ4n) is 2.54. The molecule has 0 amide bonds. The number of ether oxygens (including phenoxy) is 1. The number of ketones is 1. The normalized spacial score (nSPS) is 33.5. The highest BCUT2D eigenvalue weighted by Crippen LogP contribution is 2.44. The van der Waals surface area contributed by atoms with Crippen molar-refractivity contribution in [2.75, 3.05) is 13.3 Å². The van der Waals surface area contributed by atoms with Gasteiger partial charge in [-0.3, -0.25) is 23.7 Å². The molecule has 1 aliphatic heterocycles. The van der Waals surface area contributed by atoms with E-state index < -0.39 is 68.2 Å². The van der Waals surface area contributed by atoms with E-state index in [2.05, 4.69) is 5.09 Å². The van der Waals surface area contributed by atoms with Crippen LogP contribution in [0.5, 0.6) is 0 Å². The first-order chi connectivity index (χ1) is 13.6. The molecule has 2 heterocycles. The van der Waals surface area contributed by atoms with Crippen molar-refractivity contribution in [3.05, 3.63) is 33.1 Å². The summed E-state index contributed by atoms with van der Waals surface area (Å²) in [4.78, 5) is 36.6. The molecule has 0 saturated carbocycles. The van der Waals surface area contributed by atoms with Gasteiger partial charge < -0.3 is 14.4 Å². The number of rotatable bonds is 7. The Bertz CT molecular complexity index is 964. The molecule has 0 spiro atoms. The number of aliphatic hydroxyl groups excluding tert-OH is 1. The summed E-state index contributed by atoms with van der Waals surface area (Å²) in [5.74, 6) is -0.785. The van der Waals surface area contributed by atoms with Gasteiger partial charge in [0.15, 0.2) is 11.9 Å². The van der Waals surface area contributed by atoms with Gasteiger partial charge in [-0.2, -0.15) is 0 Å². The van der Waals surface area contributed by atoms with E-state index >= 15 is 4.39 Å². The Kier molecular flexibility index (Phi) is 5.02. The molecule has 0 unspecified atom stereocenters. The summed E-state index contributed by atoms with van der Waals surface area (Å²) in [6.45, 7) is -0.409. The smallest absolute Gasteiger partial charge is 0.330 e. The summed E-state index contributed by atoms with van der Waals surface area (Å²) in [7, 11) is -3.89. The number of carbonyl (C=O) groups excluding carboxylic acids is 1. The number of halogens is 1. The van der Waals surface area contributed by atoms with Gasteiger partial charge in [-0.05, 0) is 20.7 Å². The minimum Gasteiger partial charge on any atom is -0.387 e. The van der Waals surface area contributed by atoms with Gasteiger partial charge in [0.25, 0.3) is 13.1 Å². The van der Waals surface area contributed by atoms with Gasteiger partial charge >= 0.3 is 5.69 Å². The predicted molar refractivity (Wildman–Crippen MR) is 93.5 cm³/mol. The molecule has 0 radical (unpaired) electrons. The lowest BCUT2D eigenvalue weighted by molar-refractivity contribution is -0.118. The van der Waals surface area contributed by atoms with Gasteiger partial charge in [0.1, 0.15) is 18.0 Å². The van der Waals surface area contributed by atoms with E-state index in [1.165, 1.54) is 0 Å². The average Bonchev–Trinajstić information content (AvgIpc) is 2.80. The van der Waals surface area contributed by atoms with Crippen molar-refractivity contribution in [1.29, 1.82) is 0 Å². The van der Waals surface area contributed by atoms with Crippen LogP contribution in [-0.4, -0.2) is 57.6 Å². The molecule has 3 N–H and O–H groups in total. The number of hydrogen-bond donors (Lipinski definition) is 3. The molecule has 10 nitrogen and oxygen atoms in total. The second-order valence-corrected chi connectivity index (χ2v) is 8.66. The van der Waals surface area contributed by atoms with Crippen LogP contribution in [0.15, 0.2) is 21.9 Å². The minimum atomic E-state index is -3.89. The highest BCUT2D eigenvalue weighted by Gasteiger charge is 2.55. The summed E-state index contributed by atoms with van der Waals surface area (Å²) < 4.78 is 60.9. The Morgan fingerprint density at radius 2 is 2.33 bits per heavy atom. The molecule has 0 bridgehead atoms. The Labute approximate surface area is 158 Å². The molecule has 12 heteroatoms. The molecular formula is C15H23FN3O7P. The quantitative estimate of drug-likeness (QED) is 0.531. The number of aromatic amines is 1. The lowest BCUT2D eigenvalue weighted by atomic mass is 9.98. The minimum absolute atomic E-state index is 0.637. The Morgan fingerprint density at radius 3 is 2.89 bits per heavy atom. The number of carbonyl (C=O) groups is 1. The SMILES string of the molecule is [2H]C([2H])([2H])[C@H](N[P@](C)(=O)OC[C@H]1O[C@@H](n2ccc(=O)[nH]c2=O)[C@](C)(F)[C@@H]1O)C(C)=O. The highest BCUT2D eigenvalue weighted by atomic mass is 31.2. The van der Waals surface area contributed by atoms with Crippen LogP contribution in [0, 0.1) is 0 Å². The largest absolute Gasteiger partial charge is 0.387 e. The van der Waals surface area contributed by atoms with Gasteiger partial charge in [0, 0.05) is 23.0 Å². The number of aliphatic hydroxyl groups is 1. The molecule has 6 atom stereocenters. The number of H-pyrrole nitrogens is 1. The van der Waals surface area contributed by atoms with Crippen LogP contribution in [0.1, 0.15) is 31.0 Å². The third kappa shape index (κ3) is 4.80. The molecule has 152 valence electrons. The van der Waals surface area contributed by atoms with E-state index in [0.29, 0.717) is 0 Å². The molecule has 1 aliphatic rings. The first-order valence-electron chi connectivity index (χ1n) is 9.40. The summed E-state index contributed by atoms with van der Waals surface area (Å²) in [5, 5.41) is 12.4. The fourth-order valence-corrected chi connectivity index (χ4v) is 3.70. The number of alkyl halides is 1. The van der Waals surface area contributed by atoms with Crippen molar-refractivity contribution in [3.63, 3.8) is 0 Å².